The molecule has 9 heteroatoms. The summed E-state index contributed by atoms with van der Waals surface area (Å²) < 4.78 is 26.9. The monoisotopic (exact) mass is 444 g/mol. The first-order valence-electron chi connectivity index (χ1n) is 10.4. The molecule has 1 unspecified atom stereocenters. The maximum atomic E-state index is 12.3. The molecule has 1 fully saturated rings. The number of aryl methyl sites for hydroxylation is 2. The van der Waals surface area contributed by atoms with Crippen molar-refractivity contribution in [2.45, 2.75) is 33.5 Å². The van der Waals surface area contributed by atoms with Crippen molar-refractivity contribution in [3.8, 4) is 11.5 Å². The highest BCUT2D eigenvalue weighted by Crippen LogP contribution is 2.30. The zero-order chi connectivity index (χ0) is 23.1. The van der Waals surface area contributed by atoms with Crippen molar-refractivity contribution in [1.82, 2.24) is 10.1 Å². The number of methoxy groups -OCH3 is 1. The van der Waals surface area contributed by atoms with E-state index in [1.807, 2.05) is 13.8 Å². The Morgan fingerprint density at radius 2 is 1.97 bits per heavy atom. The zero-order valence-corrected chi connectivity index (χ0v) is 18.8. The van der Waals surface area contributed by atoms with Gasteiger partial charge in [0.1, 0.15) is 12.4 Å². The first-order chi connectivity index (χ1) is 15.4. The normalized spacial score (nSPS) is 14.9. The van der Waals surface area contributed by atoms with Gasteiger partial charge in [0.15, 0.2) is 17.6 Å². The number of nitrogens with zero attached hydrogens (tertiary/aromatic N) is 2. The SMILES string of the molecule is COc1cc(/C=C/C(=O)OC(C)C(=O)N2CCOCC2)ccc1OCc1c(C)noc1C. The summed E-state index contributed by atoms with van der Waals surface area (Å²) in [6.45, 7) is 7.54. The molecule has 0 spiro atoms. The molecular formula is C23H28N2O7. The zero-order valence-electron chi connectivity index (χ0n) is 18.8. The van der Waals surface area contributed by atoms with Gasteiger partial charge in [-0.2, -0.15) is 0 Å². The Morgan fingerprint density at radius 1 is 1.22 bits per heavy atom. The number of esters is 1. The topological polar surface area (TPSA) is 100 Å². The van der Waals surface area contributed by atoms with Crippen LogP contribution in [-0.2, 0) is 25.7 Å². The van der Waals surface area contributed by atoms with Crippen LogP contribution in [0.3, 0.4) is 0 Å². The number of hydrogen-bond donors (Lipinski definition) is 0. The van der Waals surface area contributed by atoms with E-state index in [0.717, 1.165) is 16.8 Å². The van der Waals surface area contributed by atoms with E-state index in [4.69, 9.17) is 23.5 Å². The van der Waals surface area contributed by atoms with E-state index >= 15 is 0 Å². The van der Waals surface area contributed by atoms with Gasteiger partial charge in [-0.1, -0.05) is 11.2 Å². The Bertz CT molecular complexity index is 957. The second-order valence-corrected chi connectivity index (χ2v) is 7.35. The average Bonchev–Trinajstić information content (AvgIpc) is 3.13. The maximum Gasteiger partial charge on any atom is 0.331 e. The molecule has 1 aliphatic rings. The first kappa shape index (κ1) is 23.3. The van der Waals surface area contributed by atoms with Gasteiger partial charge in [-0.3, -0.25) is 4.79 Å². The van der Waals surface area contributed by atoms with E-state index in [1.165, 1.54) is 6.08 Å². The summed E-state index contributed by atoms with van der Waals surface area (Å²) in [6.07, 6.45) is 2.01. The third-order valence-electron chi connectivity index (χ3n) is 5.12. The molecular weight excluding hydrogens is 416 g/mol. The van der Waals surface area contributed by atoms with Gasteiger partial charge < -0.3 is 28.4 Å². The van der Waals surface area contributed by atoms with Gasteiger partial charge in [0, 0.05) is 19.2 Å². The summed E-state index contributed by atoms with van der Waals surface area (Å²) in [5, 5.41) is 3.92. The van der Waals surface area contributed by atoms with Gasteiger partial charge in [-0.25, -0.2) is 4.79 Å². The number of rotatable bonds is 8. The molecule has 1 aliphatic heterocycles. The maximum absolute atomic E-state index is 12.3. The number of carbonyl (C=O) groups excluding carboxylic acids is 2. The van der Waals surface area contributed by atoms with Crippen molar-refractivity contribution in [2.75, 3.05) is 33.4 Å². The highest BCUT2D eigenvalue weighted by molar-refractivity contribution is 5.90. The molecule has 0 N–H and O–H groups in total. The minimum atomic E-state index is -0.861. The molecule has 1 amide bonds. The minimum absolute atomic E-state index is 0.225. The summed E-state index contributed by atoms with van der Waals surface area (Å²) in [7, 11) is 1.54. The average molecular weight is 444 g/mol. The fourth-order valence-corrected chi connectivity index (χ4v) is 3.23. The lowest BCUT2D eigenvalue weighted by Gasteiger charge is -2.28. The van der Waals surface area contributed by atoms with Crippen LogP contribution in [0, 0.1) is 13.8 Å². The Labute approximate surface area is 186 Å². The lowest BCUT2D eigenvalue weighted by atomic mass is 10.2. The van der Waals surface area contributed by atoms with Crippen molar-refractivity contribution in [1.29, 1.82) is 0 Å². The molecule has 9 nitrogen and oxygen atoms in total. The van der Waals surface area contributed by atoms with E-state index < -0.39 is 12.1 Å². The molecule has 0 bridgehead atoms. The summed E-state index contributed by atoms with van der Waals surface area (Å²) in [5.74, 6) is 0.953. The van der Waals surface area contributed by atoms with Gasteiger partial charge in [-0.15, -0.1) is 0 Å². The largest absolute Gasteiger partial charge is 0.493 e. The van der Waals surface area contributed by atoms with Crippen LogP contribution < -0.4 is 9.47 Å². The summed E-state index contributed by atoms with van der Waals surface area (Å²) in [5.41, 5.74) is 2.39. The van der Waals surface area contributed by atoms with Crippen molar-refractivity contribution in [3.63, 3.8) is 0 Å². The van der Waals surface area contributed by atoms with Crippen LogP contribution >= 0.6 is 0 Å². The summed E-state index contributed by atoms with van der Waals surface area (Å²) in [4.78, 5) is 26.1. The van der Waals surface area contributed by atoms with Gasteiger partial charge in [0.2, 0.25) is 0 Å². The van der Waals surface area contributed by atoms with Crippen molar-refractivity contribution in [2.24, 2.45) is 0 Å². The predicted octanol–water partition coefficient (Wildman–Crippen LogP) is 2.68. The highest BCUT2D eigenvalue weighted by atomic mass is 16.5. The molecule has 0 saturated carbocycles. The highest BCUT2D eigenvalue weighted by Gasteiger charge is 2.24. The molecule has 172 valence electrons. The van der Waals surface area contributed by atoms with Crippen LogP contribution in [0.15, 0.2) is 28.8 Å². The third-order valence-corrected chi connectivity index (χ3v) is 5.12. The molecule has 0 aliphatic carbocycles. The number of amides is 1. The third kappa shape index (κ3) is 5.88. The van der Waals surface area contributed by atoms with E-state index in [0.29, 0.717) is 50.2 Å². The predicted molar refractivity (Wildman–Crippen MR) is 115 cm³/mol. The molecule has 0 radical (unpaired) electrons. The molecule has 1 aromatic heterocycles. The number of carbonyl (C=O) groups is 2. The lowest BCUT2D eigenvalue weighted by Crippen LogP contribution is -2.45. The smallest absolute Gasteiger partial charge is 0.331 e. The van der Waals surface area contributed by atoms with Gasteiger partial charge in [0.25, 0.3) is 5.91 Å². The molecule has 3 rings (SSSR count). The number of hydrogen-bond acceptors (Lipinski definition) is 8. The second kappa shape index (κ2) is 10.8. The second-order valence-electron chi connectivity index (χ2n) is 7.35. The fourth-order valence-electron chi connectivity index (χ4n) is 3.23. The van der Waals surface area contributed by atoms with E-state index in [1.54, 1.807) is 43.2 Å². The van der Waals surface area contributed by atoms with E-state index in [-0.39, 0.29) is 5.91 Å². The van der Waals surface area contributed by atoms with Gasteiger partial charge in [-0.05, 0) is 44.5 Å². The fraction of sp³-hybridized carbons (Fsp3) is 0.435. The molecule has 32 heavy (non-hydrogen) atoms. The van der Waals surface area contributed by atoms with Crippen LogP contribution in [0.1, 0.15) is 29.5 Å². The van der Waals surface area contributed by atoms with Crippen molar-refractivity contribution < 1.29 is 33.1 Å². The van der Waals surface area contributed by atoms with Crippen LogP contribution in [0.4, 0.5) is 0 Å². The number of aromatic nitrogens is 1. The van der Waals surface area contributed by atoms with Crippen molar-refractivity contribution >= 4 is 18.0 Å². The standard InChI is InChI=1S/C23H28N2O7/c1-15-19(16(2)32-24-15)14-30-20-7-5-18(13-21(20)28-4)6-8-22(26)31-17(3)23(27)25-9-11-29-12-10-25/h5-8,13,17H,9-12,14H2,1-4H3/b8-6+. The number of ether oxygens (including phenoxy) is 4. The number of benzene rings is 1. The van der Waals surface area contributed by atoms with Gasteiger partial charge in [0.05, 0.1) is 31.6 Å². The molecule has 1 saturated heterocycles. The lowest BCUT2D eigenvalue weighted by molar-refractivity contribution is -0.157. The van der Waals surface area contributed by atoms with Crippen LogP contribution in [0.2, 0.25) is 0 Å². The van der Waals surface area contributed by atoms with Crippen molar-refractivity contribution in [3.05, 3.63) is 46.9 Å². The molecule has 1 atom stereocenters. The quantitative estimate of drug-likeness (QED) is 0.453. The summed E-state index contributed by atoms with van der Waals surface area (Å²) in [6, 6.07) is 5.29. The van der Waals surface area contributed by atoms with Crippen LogP contribution in [0.5, 0.6) is 11.5 Å². The van der Waals surface area contributed by atoms with Gasteiger partial charge >= 0.3 is 5.97 Å². The van der Waals surface area contributed by atoms with Crippen LogP contribution in [-0.4, -0.2) is 61.5 Å². The Morgan fingerprint density at radius 3 is 2.62 bits per heavy atom. The van der Waals surface area contributed by atoms with E-state index in [2.05, 4.69) is 5.16 Å². The number of morpholine rings is 1. The molecule has 2 heterocycles. The molecule has 1 aromatic carbocycles. The Kier molecular flexibility index (Phi) is 7.88. The Balaban J connectivity index is 1.57. The summed E-state index contributed by atoms with van der Waals surface area (Å²) >= 11 is 0. The Hall–Kier alpha value is -3.33. The first-order valence-corrected chi connectivity index (χ1v) is 10.4. The molecule has 2 aromatic rings. The van der Waals surface area contributed by atoms with Crippen LogP contribution in [0.25, 0.3) is 6.08 Å². The minimum Gasteiger partial charge on any atom is -0.493 e. The van der Waals surface area contributed by atoms with E-state index in [9.17, 15) is 9.59 Å².